The molecular formula is C17H18N4O3. The van der Waals surface area contributed by atoms with Crippen LogP contribution in [0.4, 0.5) is 0 Å². The normalized spacial score (nSPS) is 14.2. The molecule has 3 rings (SSSR count). The summed E-state index contributed by atoms with van der Waals surface area (Å²) in [6, 6.07) is 8.56. The molecule has 124 valence electrons. The van der Waals surface area contributed by atoms with Crippen LogP contribution in [0, 0.1) is 0 Å². The number of morpholine rings is 1. The number of hydrogen-bond acceptors (Lipinski definition) is 5. The van der Waals surface area contributed by atoms with Gasteiger partial charge in [0.05, 0.1) is 13.2 Å². The molecule has 1 aliphatic heterocycles. The molecule has 3 heterocycles. The number of carbonyl (C=O) groups excluding carboxylic acids is 2. The zero-order chi connectivity index (χ0) is 16.8. The number of aromatic nitrogens is 2. The molecule has 7 nitrogen and oxygen atoms in total. The predicted molar refractivity (Wildman–Crippen MR) is 86.4 cm³/mol. The van der Waals surface area contributed by atoms with Crippen LogP contribution in [0.25, 0.3) is 0 Å². The maximum Gasteiger partial charge on any atom is 0.272 e. The van der Waals surface area contributed by atoms with Gasteiger partial charge in [-0.25, -0.2) is 4.98 Å². The summed E-state index contributed by atoms with van der Waals surface area (Å²) >= 11 is 0. The highest BCUT2D eigenvalue weighted by atomic mass is 16.5. The fourth-order valence-corrected chi connectivity index (χ4v) is 2.38. The Bertz CT molecular complexity index is 715. The van der Waals surface area contributed by atoms with Crippen molar-refractivity contribution in [3.8, 4) is 0 Å². The molecule has 0 radical (unpaired) electrons. The van der Waals surface area contributed by atoms with Gasteiger partial charge in [0, 0.05) is 32.0 Å². The summed E-state index contributed by atoms with van der Waals surface area (Å²) in [6.07, 6.45) is 3.36. The van der Waals surface area contributed by atoms with Crippen molar-refractivity contribution in [3.05, 3.63) is 59.7 Å². The molecule has 0 spiro atoms. The predicted octanol–water partition coefficient (Wildman–Crippen LogP) is 0.879. The zero-order valence-corrected chi connectivity index (χ0v) is 13.1. The van der Waals surface area contributed by atoms with E-state index in [4.69, 9.17) is 4.74 Å². The molecule has 0 unspecified atom stereocenters. The van der Waals surface area contributed by atoms with E-state index in [-0.39, 0.29) is 23.2 Å². The molecule has 7 heteroatoms. The SMILES string of the molecule is O=C(NCc1cccnc1)c1cccc(C(=O)N2CCOCC2)n1. The lowest BCUT2D eigenvalue weighted by atomic mass is 10.2. The second-order valence-corrected chi connectivity index (χ2v) is 5.36. The lowest BCUT2D eigenvalue weighted by Crippen LogP contribution is -2.41. The van der Waals surface area contributed by atoms with Gasteiger partial charge in [-0.2, -0.15) is 0 Å². The van der Waals surface area contributed by atoms with Crippen LogP contribution < -0.4 is 5.32 Å². The van der Waals surface area contributed by atoms with Gasteiger partial charge in [0.25, 0.3) is 11.8 Å². The van der Waals surface area contributed by atoms with Crippen molar-refractivity contribution in [1.82, 2.24) is 20.2 Å². The molecule has 1 aliphatic rings. The van der Waals surface area contributed by atoms with Crippen molar-refractivity contribution in [2.75, 3.05) is 26.3 Å². The number of pyridine rings is 2. The van der Waals surface area contributed by atoms with Gasteiger partial charge in [-0.05, 0) is 23.8 Å². The van der Waals surface area contributed by atoms with Crippen molar-refractivity contribution < 1.29 is 14.3 Å². The molecule has 2 aromatic rings. The number of ether oxygens (including phenoxy) is 1. The smallest absolute Gasteiger partial charge is 0.272 e. The molecule has 1 fully saturated rings. The molecule has 0 aromatic carbocycles. The van der Waals surface area contributed by atoms with Gasteiger partial charge in [0.2, 0.25) is 0 Å². The largest absolute Gasteiger partial charge is 0.378 e. The van der Waals surface area contributed by atoms with Crippen LogP contribution in [0.1, 0.15) is 26.5 Å². The van der Waals surface area contributed by atoms with E-state index in [0.717, 1.165) is 5.56 Å². The number of nitrogens with one attached hydrogen (secondary N) is 1. The van der Waals surface area contributed by atoms with Gasteiger partial charge >= 0.3 is 0 Å². The van der Waals surface area contributed by atoms with E-state index >= 15 is 0 Å². The molecule has 1 saturated heterocycles. The Morgan fingerprint density at radius 1 is 1.12 bits per heavy atom. The highest BCUT2D eigenvalue weighted by molar-refractivity contribution is 5.96. The Labute approximate surface area is 139 Å². The average Bonchev–Trinajstić information content (AvgIpc) is 2.67. The van der Waals surface area contributed by atoms with Crippen molar-refractivity contribution in [1.29, 1.82) is 0 Å². The maximum absolute atomic E-state index is 12.4. The van der Waals surface area contributed by atoms with Crippen LogP contribution in [-0.2, 0) is 11.3 Å². The summed E-state index contributed by atoms with van der Waals surface area (Å²) in [5.74, 6) is -0.504. The molecule has 2 amide bonds. The van der Waals surface area contributed by atoms with Crippen LogP contribution >= 0.6 is 0 Å². The zero-order valence-electron chi connectivity index (χ0n) is 13.1. The summed E-state index contributed by atoms with van der Waals surface area (Å²) in [5.41, 5.74) is 1.38. The first kappa shape index (κ1) is 16.1. The Kier molecular flexibility index (Phi) is 5.12. The highest BCUT2D eigenvalue weighted by Crippen LogP contribution is 2.07. The van der Waals surface area contributed by atoms with Crippen molar-refractivity contribution in [2.24, 2.45) is 0 Å². The third-order valence-corrected chi connectivity index (χ3v) is 3.68. The quantitative estimate of drug-likeness (QED) is 0.901. The first-order chi connectivity index (χ1) is 11.7. The lowest BCUT2D eigenvalue weighted by Gasteiger charge is -2.26. The van der Waals surface area contributed by atoms with E-state index < -0.39 is 0 Å². The Balaban J connectivity index is 1.65. The van der Waals surface area contributed by atoms with E-state index in [1.54, 1.807) is 41.6 Å². The van der Waals surface area contributed by atoms with Gasteiger partial charge < -0.3 is 15.0 Å². The molecule has 0 aliphatic carbocycles. The van der Waals surface area contributed by atoms with Crippen LogP contribution in [0.15, 0.2) is 42.7 Å². The van der Waals surface area contributed by atoms with Crippen LogP contribution in [0.5, 0.6) is 0 Å². The molecule has 2 aromatic heterocycles. The van der Waals surface area contributed by atoms with Crippen LogP contribution in [0.2, 0.25) is 0 Å². The fourth-order valence-electron chi connectivity index (χ4n) is 2.38. The Hall–Kier alpha value is -2.80. The summed E-state index contributed by atoms with van der Waals surface area (Å²) in [7, 11) is 0. The van der Waals surface area contributed by atoms with Gasteiger partial charge in [0.1, 0.15) is 11.4 Å². The van der Waals surface area contributed by atoms with Gasteiger partial charge in [0.15, 0.2) is 0 Å². The number of hydrogen-bond donors (Lipinski definition) is 1. The Morgan fingerprint density at radius 2 is 1.92 bits per heavy atom. The van der Waals surface area contributed by atoms with E-state index in [9.17, 15) is 9.59 Å². The second kappa shape index (κ2) is 7.65. The topological polar surface area (TPSA) is 84.4 Å². The lowest BCUT2D eigenvalue weighted by molar-refractivity contribution is 0.0299. The van der Waals surface area contributed by atoms with E-state index in [1.165, 1.54) is 0 Å². The van der Waals surface area contributed by atoms with Crippen molar-refractivity contribution in [2.45, 2.75) is 6.54 Å². The number of carbonyl (C=O) groups is 2. The van der Waals surface area contributed by atoms with Gasteiger partial charge in [-0.15, -0.1) is 0 Å². The third-order valence-electron chi connectivity index (χ3n) is 3.68. The summed E-state index contributed by atoms with van der Waals surface area (Å²) in [4.78, 5) is 34.5. The van der Waals surface area contributed by atoms with Gasteiger partial charge in [-0.3, -0.25) is 14.6 Å². The van der Waals surface area contributed by atoms with Crippen molar-refractivity contribution in [3.63, 3.8) is 0 Å². The molecule has 1 N–H and O–H groups in total. The average molecular weight is 326 g/mol. The van der Waals surface area contributed by atoms with Crippen LogP contribution in [0.3, 0.4) is 0 Å². The number of amides is 2. The number of rotatable bonds is 4. The van der Waals surface area contributed by atoms with Crippen LogP contribution in [-0.4, -0.2) is 53.0 Å². The highest BCUT2D eigenvalue weighted by Gasteiger charge is 2.20. The third kappa shape index (κ3) is 3.94. The summed E-state index contributed by atoms with van der Waals surface area (Å²) < 4.78 is 5.24. The standard InChI is InChI=1S/C17H18N4O3/c22-16(19-12-13-3-2-6-18-11-13)14-4-1-5-15(20-14)17(23)21-7-9-24-10-8-21/h1-6,11H,7-10,12H2,(H,19,22). The Morgan fingerprint density at radius 3 is 2.67 bits per heavy atom. The minimum Gasteiger partial charge on any atom is -0.378 e. The van der Waals surface area contributed by atoms with E-state index in [2.05, 4.69) is 15.3 Å². The van der Waals surface area contributed by atoms with Crippen molar-refractivity contribution >= 4 is 11.8 Å². The maximum atomic E-state index is 12.4. The monoisotopic (exact) mass is 326 g/mol. The minimum absolute atomic E-state index is 0.180. The molecule has 0 bridgehead atoms. The second-order valence-electron chi connectivity index (χ2n) is 5.36. The summed E-state index contributed by atoms with van der Waals surface area (Å²) in [5, 5.41) is 2.77. The number of nitrogens with zero attached hydrogens (tertiary/aromatic N) is 3. The minimum atomic E-state index is -0.324. The molecular weight excluding hydrogens is 308 g/mol. The fraction of sp³-hybridized carbons (Fsp3) is 0.294. The summed E-state index contributed by atoms with van der Waals surface area (Å²) in [6.45, 7) is 2.49. The first-order valence-corrected chi connectivity index (χ1v) is 7.75. The van der Waals surface area contributed by atoms with Gasteiger partial charge in [-0.1, -0.05) is 12.1 Å². The molecule has 24 heavy (non-hydrogen) atoms. The first-order valence-electron chi connectivity index (χ1n) is 7.75. The van der Waals surface area contributed by atoms with E-state index in [1.807, 2.05) is 6.07 Å². The van der Waals surface area contributed by atoms with E-state index in [0.29, 0.717) is 32.8 Å². The molecule has 0 atom stereocenters. The molecule has 0 saturated carbocycles.